The Kier molecular flexibility index (Phi) is 5.80. The molecule has 1 aliphatic heterocycles. The van der Waals surface area contributed by atoms with Crippen LogP contribution in [0.5, 0.6) is 0 Å². The molecule has 1 atom stereocenters. The zero-order valence-electron chi connectivity index (χ0n) is 13.9. The number of nitrogens with zero attached hydrogens (tertiary/aromatic N) is 2. The third-order valence-electron chi connectivity index (χ3n) is 4.16. The van der Waals surface area contributed by atoms with Crippen molar-refractivity contribution in [1.29, 1.82) is 0 Å². The maximum atomic E-state index is 14.2. The number of benzene rings is 1. The van der Waals surface area contributed by atoms with Gasteiger partial charge >= 0.3 is 0 Å². The highest BCUT2D eigenvalue weighted by atomic mass is 19.1. The van der Waals surface area contributed by atoms with Crippen LogP contribution >= 0.6 is 0 Å². The van der Waals surface area contributed by atoms with E-state index in [1.54, 1.807) is 41.2 Å². The van der Waals surface area contributed by atoms with Crippen LogP contribution in [0.2, 0.25) is 0 Å². The largest absolute Gasteiger partial charge is 0.390 e. The molecule has 6 nitrogen and oxygen atoms in total. The molecule has 0 aliphatic carbocycles. The van der Waals surface area contributed by atoms with Crippen LogP contribution in [-0.2, 0) is 4.74 Å². The Morgan fingerprint density at radius 2 is 2.00 bits per heavy atom. The quantitative estimate of drug-likeness (QED) is 0.819. The molecule has 0 saturated carbocycles. The normalized spacial score (nSPS) is 16.6. The number of aliphatic hydroxyl groups excluding tert-OH is 1. The number of hydrogen-bond donors (Lipinski definition) is 2. The van der Waals surface area contributed by atoms with Gasteiger partial charge in [-0.25, -0.2) is 4.39 Å². The fourth-order valence-electron chi connectivity index (χ4n) is 2.81. The Bertz CT molecular complexity index is 700. The second kappa shape index (κ2) is 8.24. The van der Waals surface area contributed by atoms with Crippen LogP contribution in [0.25, 0.3) is 5.69 Å². The van der Waals surface area contributed by atoms with E-state index >= 15 is 0 Å². The Labute approximate surface area is 145 Å². The third kappa shape index (κ3) is 4.66. The summed E-state index contributed by atoms with van der Waals surface area (Å²) in [5.41, 5.74) is 0.612. The Hall–Kier alpha value is -2.22. The monoisotopic (exact) mass is 347 g/mol. The molecule has 1 amide bonds. The summed E-state index contributed by atoms with van der Waals surface area (Å²) in [6.07, 6.45) is 2.80. The predicted molar refractivity (Wildman–Crippen MR) is 91.3 cm³/mol. The van der Waals surface area contributed by atoms with Crippen molar-refractivity contribution >= 4 is 5.91 Å². The summed E-state index contributed by atoms with van der Waals surface area (Å²) in [6, 6.07) is 7.95. The Morgan fingerprint density at radius 3 is 2.68 bits per heavy atom. The van der Waals surface area contributed by atoms with Gasteiger partial charge in [-0.2, -0.15) is 0 Å². The molecule has 2 heterocycles. The van der Waals surface area contributed by atoms with E-state index in [-0.39, 0.29) is 12.1 Å². The highest BCUT2D eigenvalue weighted by molar-refractivity contribution is 5.94. The molecule has 1 aromatic carbocycles. The number of halogens is 1. The van der Waals surface area contributed by atoms with E-state index in [9.17, 15) is 14.3 Å². The van der Waals surface area contributed by atoms with Gasteiger partial charge in [-0.15, -0.1) is 0 Å². The minimum absolute atomic E-state index is 0.122. The smallest absolute Gasteiger partial charge is 0.251 e. The molecule has 3 rings (SSSR count). The number of aromatic nitrogens is 1. The SMILES string of the molecule is O=C(NCC(O)CN1CCOCC1)c1ccc(-n2cccc2)c(F)c1. The van der Waals surface area contributed by atoms with Crippen LogP contribution in [0.3, 0.4) is 0 Å². The average molecular weight is 347 g/mol. The summed E-state index contributed by atoms with van der Waals surface area (Å²) in [5, 5.41) is 12.7. The lowest BCUT2D eigenvalue weighted by atomic mass is 10.1. The van der Waals surface area contributed by atoms with Crippen molar-refractivity contribution < 1.29 is 19.0 Å². The lowest BCUT2D eigenvalue weighted by Gasteiger charge is -2.28. The van der Waals surface area contributed by atoms with Crippen molar-refractivity contribution in [3.63, 3.8) is 0 Å². The molecule has 1 saturated heterocycles. The molecular formula is C18H22FN3O3. The molecule has 0 radical (unpaired) electrons. The van der Waals surface area contributed by atoms with Gasteiger partial charge in [0.25, 0.3) is 5.91 Å². The minimum atomic E-state index is -0.675. The summed E-state index contributed by atoms with van der Waals surface area (Å²) in [5.74, 6) is -0.878. The standard InChI is InChI=1S/C18H22FN3O3/c19-16-11-14(3-4-17(16)22-5-1-2-6-22)18(24)20-12-15(23)13-21-7-9-25-10-8-21/h1-6,11,15,23H,7-10,12-13H2,(H,20,24). The van der Waals surface area contributed by atoms with E-state index in [4.69, 9.17) is 4.74 Å². The third-order valence-corrected chi connectivity index (χ3v) is 4.16. The Morgan fingerprint density at radius 1 is 1.28 bits per heavy atom. The van der Waals surface area contributed by atoms with Gasteiger partial charge in [-0.05, 0) is 30.3 Å². The first-order valence-corrected chi connectivity index (χ1v) is 8.33. The van der Waals surface area contributed by atoms with Crippen molar-refractivity contribution in [1.82, 2.24) is 14.8 Å². The molecule has 1 unspecified atom stereocenters. The highest BCUT2D eigenvalue weighted by Gasteiger charge is 2.16. The average Bonchev–Trinajstić information content (AvgIpc) is 3.15. The van der Waals surface area contributed by atoms with Crippen LogP contribution in [0.4, 0.5) is 4.39 Å². The summed E-state index contributed by atoms with van der Waals surface area (Å²) in [4.78, 5) is 14.3. The van der Waals surface area contributed by atoms with Gasteiger partial charge in [-0.1, -0.05) is 0 Å². The van der Waals surface area contributed by atoms with Gasteiger partial charge in [0.15, 0.2) is 0 Å². The maximum Gasteiger partial charge on any atom is 0.251 e. The number of β-amino-alcohol motifs (C(OH)–C–C–N with tert-alkyl or cyclic N) is 1. The number of aliphatic hydroxyl groups is 1. The van der Waals surface area contributed by atoms with Crippen LogP contribution in [0.1, 0.15) is 10.4 Å². The minimum Gasteiger partial charge on any atom is -0.390 e. The van der Waals surface area contributed by atoms with E-state index in [2.05, 4.69) is 10.2 Å². The van der Waals surface area contributed by atoms with Gasteiger partial charge in [0.2, 0.25) is 0 Å². The zero-order chi connectivity index (χ0) is 17.6. The zero-order valence-corrected chi connectivity index (χ0v) is 13.9. The molecule has 0 spiro atoms. The lowest BCUT2D eigenvalue weighted by molar-refractivity contribution is 0.0149. The van der Waals surface area contributed by atoms with Crippen LogP contribution < -0.4 is 5.32 Å². The first kappa shape index (κ1) is 17.6. The number of hydrogen-bond acceptors (Lipinski definition) is 4. The molecular weight excluding hydrogens is 325 g/mol. The van der Waals surface area contributed by atoms with E-state index in [1.807, 2.05) is 0 Å². The van der Waals surface area contributed by atoms with Gasteiger partial charge in [0.1, 0.15) is 5.82 Å². The summed E-state index contributed by atoms with van der Waals surface area (Å²) in [7, 11) is 0. The number of nitrogens with one attached hydrogen (secondary N) is 1. The molecule has 1 aromatic heterocycles. The fraction of sp³-hybridized carbons (Fsp3) is 0.389. The van der Waals surface area contributed by atoms with Gasteiger partial charge in [-0.3, -0.25) is 9.69 Å². The first-order valence-electron chi connectivity index (χ1n) is 8.33. The van der Waals surface area contributed by atoms with E-state index in [0.29, 0.717) is 25.4 Å². The fourth-order valence-corrected chi connectivity index (χ4v) is 2.81. The van der Waals surface area contributed by atoms with E-state index in [0.717, 1.165) is 13.1 Å². The number of amides is 1. The second-order valence-corrected chi connectivity index (χ2v) is 6.03. The summed E-state index contributed by atoms with van der Waals surface area (Å²) in [6.45, 7) is 3.47. The molecule has 2 N–H and O–H groups in total. The maximum absolute atomic E-state index is 14.2. The van der Waals surface area contributed by atoms with E-state index < -0.39 is 17.8 Å². The van der Waals surface area contributed by atoms with Gasteiger partial charge in [0.05, 0.1) is 25.0 Å². The van der Waals surface area contributed by atoms with Crippen molar-refractivity contribution in [3.8, 4) is 5.69 Å². The predicted octanol–water partition coefficient (Wildman–Crippen LogP) is 1.04. The van der Waals surface area contributed by atoms with Crippen LogP contribution in [-0.4, -0.2) is 66.0 Å². The van der Waals surface area contributed by atoms with Gasteiger partial charge < -0.3 is 19.7 Å². The Balaban J connectivity index is 1.53. The van der Waals surface area contributed by atoms with Crippen molar-refractivity contribution in [2.75, 3.05) is 39.4 Å². The molecule has 2 aromatic rings. The summed E-state index contributed by atoms with van der Waals surface area (Å²) >= 11 is 0. The van der Waals surface area contributed by atoms with Crippen LogP contribution in [0, 0.1) is 5.82 Å². The molecule has 0 bridgehead atoms. The molecule has 25 heavy (non-hydrogen) atoms. The molecule has 134 valence electrons. The number of morpholine rings is 1. The first-order chi connectivity index (χ1) is 12.1. The van der Waals surface area contributed by atoms with Gasteiger partial charge in [0, 0.05) is 44.1 Å². The number of rotatable bonds is 6. The van der Waals surface area contributed by atoms with Crippen molar-refractivity contribution in [2.24, 2.45) is 0 Å². The number of carbonyl (C=O) groups is 1. The topological polar surface area (TPSA) is 66.7 Å². The highest BCUT2D eigenvalue weighted by Crippen LogP contribution is 2.15. The second-order valence-electron chi connectivity index (χ2n) is 6.03. The number of ether oxygens (including phenoxy) is 1. The van der Waals surface area contributed by atoms with Crippen molar-refractivity contribution in [2.45, 2.75) is 6.10 Å². The molecule has 1 aliphatic rings. The van der Waals surface area contributed by atoms with Crippen molar-refractivity contribution in [3.05, 3.63) is 54.1 Å². The van der Waals surface area contributed by atoms with E-state index in [1.165, 1.54) is 6.07 Å². The summed E-state index contributed by atoms with van der Waals surface area (Å²) < 4.78 is 21.1. The number of carbonyl (C=O) groups excluding carboxylic acids is 1. The molecule has 1 fully saturated rings. The van der Waals surface area contributed by atoms with Crippen LogP contribution in [0.15, 0.2) is 42.7 Å². The lowest BCUT2D eigenvalue weighted by Crippen LogP contribution is -2.44. The molecule has 7 heteroatoms.